The van der Waals surface area contributed by atoms with Gasteiger partial charge in [0.15, 0.2) is 0 Å². The Morgan fingerprint density at radius 3 is 2.79 bits per heavy atom. The van der Waals surface area contributed by atoms with Crippen molar-refractivity contribution in [3.05, 3.63) is 34.9 Å². The molecule has 0 saturated carbocycles. The second-order valence-corrected chi connectivity index (χ2v) is 5.72. The Bertz CT molecular complexity index is 514. The molecule has 1 aliphatic heterocycles. The lowest BCUT2D eigenvalue weighted by Gasteiger charge is -2.28. The summed E-state index contributed by atoms with van der Waals surface area (Å²) in [6.45, 7) is 4.35. The van der Waals surface area contributed by atoms with E-state index in [0.29, 0.717) is 24.5 Å². The minimum atomic E-state index is -0.855. The third-order valence-electron chi connectivity index (χ3n) is 3.15. The van der Waals surface area contributed by atoms with Crippen LogP contribution in [-0.4, -0.2) is 28.8 Å². The maximum absolute atomic E-state index is 12.4. The Labute approximate surface area is 117 Å². The third kappa shape index (κ3) is 3.26. The summed E-state index contributed by atoms with van der Waals surface area (Å²) in [4.78, 5) is 25.7. The van der Waals surface area contributed by atoms with Crippen LogP contribution in [0.4, 0.5) is 0 Å². The summed E-state index contributed by atoms with van der Waals surface area (Å²) in [6, 6.07) is 7.41. The molecule has 1 aromatic carbocycles. The highest BCUT2D eigenvalue weighted by molar-refractivity contribution is 6.30. The van der Waals surface area contributed by atoms with Crippen LogP contribution in [0.2, 0.25) is 5.02 Å². The highest BCUT2D eigenvalue weighted by atomic mass is 35.5. The average Bonchev–Trinajstić information content (AvgIpc) is 2.40. The van der Waals surface area contributed by atoms with E-state index in [-0.39, 0.29) is 11.8 Å². The second kappa shape index (κ2) is 5.21. The van der Waals surface area contributed by atoms with E-state index in [1.54, 1.807) is 24.8 Å². The molecule has 0 radical (unpaired) electrons. The van der Waals surface area contributed by atoms with Crippen molar-refractivity contribution in [2.24, 2.45) is 0 Å². The molecule has 1 aromatic rings. The van der Waals surface area contributed by atoms with Crippen LogP contribution in [0.25, 0.3) is 0 Å². The van der Waals surface area contributed by atoms with Crippen LogP contribution in [-0.2, 0) is 16.1 Å². The molecular weight excluding hydrogens is 264 g/mol. The molecule has 1 N–H and O–H groups in total. The Hall–Kier alpha value is -1.55. The van der Waals surface area contributed by atoms with Crippen molar-refractivity contribution >= 4 is 23.4 Å². The zero-order chi connectivity index (χ0) is 14.0. The number of halogens is 1. The number of carbonyl (C=O) groups is 2. The van der Waals surface area contributed by atoms with Gasteiger partial charge in [-0.1, -0.05) is 23.7 Å². The molecule has 1 saturated heterocycles. The van der Waals surface area contributed by atoms with E-state index >= 15 is 0 Å². The summed E-state index contributed by atoms with van der Waals surface area (Å²) in [6.07, 6.45) is 0.329. The first-order chi connectivity index (χ1) is 8.88. The standard InChI is InChI=1S/C14H17ClN2O2/c1-14(2)13(19)17(7-6-12(18)16-14)9-10-4-3-5-11(15)8-10/h3-5,8H,6-7,9H2,1-2H3,(H,16,18). The lowest BCUT2D eigenvalue weighted by molar-refractivity contribution is -0.137. The van der Waals surface area contributed by atoms with Gasteiger partial charge in [0.1, 0.15) is 5.54 Å². The van der Waals surface area contributed by atoms with E-state index in [1.807, 2.05) is 18.2 Å². The first-order valence-electron chi connectivity index (χ1n) is 6.23. The van der Waals surface area contributed by atoms with Crippen LogP contribution in [0.3, 0.4) is 0 Å². The Balaban J connectivity index is 2.19. The van der Waals surface area contributed by atoms with Gasteiger partial charge >= 0.3 is 0 Å². The molecule has 19 heavy (non-hydrogen) atoms. The maximum atomic E-state index is 12.4. The monoisotopic (exact) mass is 280 g/mol. The van der Waals surface area contributed by atoms with E-state index in [9.17, 15) is 9.59 Å². The number of hydrogen-bond acceptors (Lipinski definition) is 2. The van der Waals surface area contributed by atoms with E-state index in [1.165, 1.54) is 0 Å². The summed E-state index contributed by atoms with van der Waals surface area (Å²) in [7, 11) is 0. The largest absolute Gasteiger partial charge is 0.342 e. The zero-order valence-corrected chi connectivity index (χ0v) is 11.8. The lowest BCUT2D eigenvalue weighted by atomic mass is 10.0. The molecule has 0 atom stereocenters. The van der Waals surface area contributed by atoms with Crippen LogP contribution in [0.5, 0.6) is 0 Å². The van der Waals surface area contributed by atoms with Gasteiger partial charge in [-0.15, -0.1) is 0 Å². The minimum absolute atomic E-state index is 0.0710. The van der Waals surface area contributed by atoms with Gasteiger partial charge < -0.3 is 10.2 Å². The summed E-state index contributed by atoms with van der Waals surface area (Å²) >= 11 is 5.94. The molecule has 4 nitrogen and oxygen atoms in total. The molecule has 0 unspecified atom stereocenters. The van der Waals surface area contributed by atoms with Gasteiger partial charge in [0, 0.05) is 24.5 Å². The number of nitrogens with zero attached hydrogens (tertiary/aromatic N) is 1. The molecule has 1 aliphatic rings. The van der Waals surface area contributed by atoms with Crippen LogP contribution in [0.15, 0.2) is 24.3 Å². The second-order valence-electron chi connectivity index (χ2n) is 5.28. The highest BCUT2D eigenvalue weighted by Gasteiger charge is 2.36. The van der Waals surface area contributed by atoms with E-state index in [4.69, 9.17) is 11.6 Å². The molecule has 1 fully saturated rings. The third-order valence-corrected chi connectivity index (χ3v) is 3.38. The van der Waals surface area contributed by atoms with Crippen molar-refractivity contribution < 1.29 is 9.59 Å². The Morgan fingerprint density at radius 1 is 1.37 bits per heavy atom. The number of nitrogens with one attached hydrogen (secondary N) is 1. The van der Waals surface area contributed by atoms with Crippen LogP contribution < -0.4 is 5.32 Å². The summed E-state index contributed by atoms with van der Waals surface area (Å²) in [5.41, 5.74) is 0.109. The number of amides is 2. The van der Waals surface area contributed by atoms with Gasteiger partial charge in [-0.3, -0.25) is 9.59 Å². The van der Waals surface area contributed by atoms with Gasteiger partial charge in [-0.25, -0.2) is 0 Å². The topological polar surface area (TPSA) is 49.4 Å². The van der Waals surface area contributed by atoms with Crippen LogP contribution in [0.1, 0.15) is 25.8 Å². The van der Waals surface area contributed by atoms with E-state index in [2.05, 4.69) is 5.32 Å². The van der Waals surface area contributed by atoms with E-state index < -0.39 is 5.54 Å². The molecule has 0 spiro atoms. The number of benzene rings is 1. The number of carbonyl (C=O) groups excluding carboxylic acids is 2. The predicted octanol–water partition coefficient (Wildman–Crippen LogP) is 1.97. The van der Waals surface area contributed by atoms with Gasteiger partial charge in [-0.05, 0) is 31.5 Å². The summed E-state index contributed by atoms with van der Waals surface area (Å²) in [5, 5.41) is 3.39. The fraction of sp³-hybridized carbons (Fsp3) is 0.429. The molecule has 2 rings (SSSR count). The van der Waals surface area contributed by atoms with Gasteiger partial charge in [0.2, 0.25) is 11.8 Å². The Kier molecular flexibility index (Phi) is 3.80. The van der Waals surface area contributed by atoms with Crippen LogP contribution in [0, 0.1) is 0 Å². The van der Waals surface area contributed by atoms with Crippen molar-refractivity contribution in [2.45, 2.75) is 32.4 Å². The molecule has 102 valence electrons. The van der Waals surface area contributed by atoms with Crippen LogP contribution >= 0.6 is 11.6 Å². The molecule has 1 heterocycles. The molecular formula is C14H17ClN2O2. The maximum Gasteiger partial charge on any atom is 0.248 e. The predicted molar refractivity (Wildman–Crippen MR) is 73.7 cm³/mol. The fourth-order valence-corrected chi connectivity index (χ4v) is 2.42. The fourth-order valence-electron chi connectivity index (χ4n) is 2.20. The molecule has 2 amide bonds. The first kappa shape index (κ1) is 13.9. The SMILES string of the molecule is CC1(C)NC(=O)CCN(Cc2cccc(Cl)c2)C1=O. The molecule has 0 aliphatic carbocycles. The van der Waals surface area contributed by atoms with Crippen molar-refractivity contribution in [3.63, 3.8) is 0 Å². The van der Waals surface area contributed by atoms with Gasteiger partial charge in [0.25, 0.3) is 0 Å². The van der Waals surface area contributed by atoms with Crippen molar-refractivity contribution in [2.75, 3.05) is 6.54 Å². The summed E-state index contributed by atoms with van der Waals surface area (Å²) in [5.74, 6) is -0.162. The van der Waals surface area contributed by atoms with Gasteiger partial charge in [-0.2, -0.15) is 0 Å². The molecule has 5 heteroatoms. The number of hydrogen-bond donors (Lipinski definition) is 1. The van der Waals surface area contributed by atoms with E-state index in [0.717, 1.165) is 5.56 Å². The van der Waals surface area contributed by atoms with Gasteiger partial charge in [0.05, 0.1) is 0 Å². The quantitative estimate of drug-likeness (QED) is 0.900. The van der Waals surface area contributed by atoms with Crippen molar-refractivity contribution in [1.29, 1.82) is 0 Å². The highest BCUT2D eigenvalue weighted by Crippen LogP contribution is 2.18. The summed E-state index contributed by atoms with van der Waals surface area (Å²) < 4.78 is 0. The average molecular weight is 281 g/mol. The smallest absolute Gasteiger partial charge is 0.248 e. The minimum Gasteiger partial charge on any atom is -0.342 e. The molecule has 0 aromatic heterocycles. The number of rotatable bonds is 2. The lowest BCUT2D eigenvalue weighted by Crippen LogP contribution is -2.52. The van der Waals surface area contributed by atoms with Crippen molar-refractivity contribution in [3.8, 4) is 0 Å². The Morgan fingerprint density at radius 2 is 2.11 bits per heavy atom. The first-order valence-corrected chi connectivity index (χ1v) is 6.61. The molecule has 0 bridgehead atoms. The van der Waals surface area contributed by atoms with Crippen molar-refractivity contribution in [1.82, 2.24) is 10.2 Å². The normalized spacial score (nSPS) is 19.0. The zero-order valence-electron chi connectivity index (χ0n) is 11.1.